The van der Waals surface area contributed by atoms with Crippen LogP contribution in [-0.2, 0) is 4.74 Å². The molecule has 1 aromatic heterocycles. The summed E-state index contributed by atoms with van der Waals surface area (Å²) >= 11 is 6.85. The third kappa shape index (κ3) is 3.54. The molecule has 0 aliphatic rings. The van der Waals surface area contributed by atoms with Crippen LogP contribution in [0.15, 0.2) is 24.3 Å². The molecule has 0 spiro atoms. The second kappa shape index (κ2) is 5.66. The lowest BCUT2D eigenvalue weighted by Gasteiger charge is -2.18. The molecule has 21 heavy (non-hydrogen) atoms. The van der Waals surface area contributed by atoms with Crippen LogP contribution in [0.3, 0.4) is 0 Å². The van der Waals surface area contributed by atoms with E-state index < -0.39 is 17.4 Å². The lowest BCUT2D eigenvalue weighted by molar-refractivity contribution is 0.00764. The van der Waals surface area contributed by atoms with Gasteiger partial charge in [0.15, 0.2) is 0 Å². The molecule has 0 bridgehead atoms. The fourth-order valence-electron chi connectivity index (χ4n) is 1.72. The van der Waals surface area contributed by atoms with E-state index in [0.717, 1.165) is 11.3 Å². The monoisotopic (exact) mass is 327 g/mol. The van der Waals surface area contributed by atoms with Crippen molar-refractivity contribution in [2.45, 2.75) is 26.4 Å². The zero-order valence-electron chi connectivity index (χ0n) is 11.9. The maximum Gasteiger partial charge on any atom is 0.350 e. The van der Waals surface area contributed by atoms with Gasteiger partial charge in [0.25, 0.3) is 0 Å². The third-order valence-electron chi connectivity index (χ3n) is 2.56. The van der Waals surface area contributed by atoms with Gasteiger partial charge >= 0.3 is 5.97 Å². The van der Waals surface area contributed by atoms with Gasteiger partial charge in [-0.05, 0) is 32.9 Å². The highest BCUT2D eigenvalue weighted by Gasteiger charge is 2.23. The molecule has 1 aromatic carbocycles. The van der Waals surface area contributed by atoms with E-state index in [1.54, 1.807) is 39.0 Å². The minimum atomic E-state index is -0.616. The second-order valence-electron chi connectivity index (χ2n) is 5.50. The first-order chi connectivity index (χ1) is 9.69. The van der Waals surface area contributed by atoms with Crippen LogP contribution < -0.4 is 5.73 Å². The Bertz CT molecular complexity index is 691. The highest BCUT2D eigenvalue weighted by molar-refractivity contribution is 7.18. The average Bonchev–Trinajstić information content (AvgIpc) is 2.72. The first kappa shape index (κ1) is 15.8. The lowest BCUT2D eigenvalue weighted by atomic mass is 10.1. The summed E-state index contributed by atoms with van der Waals surface area (Å²) in [6.07, 6.45) is 0. The number of nitrogens with two attached hydrogens (primary N) is 1. The zero-order valence-corrected chi connectivity index (χ0v) is 13.4. The van der Waals surface area contributed by atoms with E-state index in [1.807, 2.05) is 0 Å². The number of anilines is 1. The summed E-state index contributed by atoms with van der Waals surface area (Å²) in [4.78, 5) is 12.9. The van der Waals surface area contributed by atoms with Crippen molar-refractivity contribution >= 4 is 34.6 Å². The predicted molar refractivity (Wildman–Crippen MR) is 84.3 cm³/mol. The number of halogens is 2. The van der Waals surface area contributed by atoms with Crippen molar-refractivity contribution in [1.82, 2.24) is 0 Å². The van der Waals surface area contributed by atoms with Gasteiger partial charge in [-0.2, -0.15) is 0 Å². The van der Waals surface area contributed by atoms with Crippen molar-refractivity contribution in [2.24, 2.45) is 0 Å². The van der Waals surface area contributed by atoms with Gasteiger partial charge in [-0.25, -0.2) is 9.18 Å². The summed E-state index contributed by atoms with van der Waals surface area (Å²) in [5, 5.41) is 0.0262. The Morgan fingerprint density at radius 3 is 2.67 bits per heavy atom. The number of carbonyl (C=O) groups is 1. The number of rotatable bonds is 2. The van der Waals surface area contributed by atoms with Crippen LogP contribution in [0.4, 0.5) is 10.1 Å². The quantitative estimate of drug-likeness (QED) is 0.810. The smallest absolute Gasteiger partial charge is 0.350 e. The molecule has 0 radical (unpaired) electrons. The third-order valence-corrected chi connectivity index (χ3v) is 4.02. The molecule has 0 amide bonds. The van der Waals surface area contributed by atoms with Crippen LogP contribution in [0.5, 0.6) is 0 Å². The van der Waals surface area contributed by atoms with Gasteiger partial charge in [-0.1, -0.05) is 23.7 Å². The van der Waals surface area contributed by atoms with Gasteiger partial charge in [0, 0.05) is 10.4 Å². The van der Waals surface area contributed by atoms with E-state index in [4.69, 9.17) is 22.1 Å². The number of carbonyl (C=O) groups excluding carboxylic acids is 1. The molecular weight excluding hydrogens is 313 g/mol. The molecule has 0 atom stereocenters. The summed E-state index contributed by atoms with van der Waals surface area (Å²) in [6, 6.07) is 6.25. The second-order valence-corrected chi connectivity index (χ2v) is 6.96. The van der Waals surface area contributed by atoms with E-state index in [-0.39, 0.29) is 15.6 Å². The number of benzene rings is 1. The molecule has 2 N–H and O–H groups in total. The van der Waals surface area contributed by atoms with Gasteiger partial charge in [0.1, 0.15) is 16.3 Å². The molecule has 0 aliphatic carbocycles. The highest BCUT2D eigenvalue weighted by Crippen LogP contribution is 2.37. The lowest BCUT2D eigenvalue weighted by Crippen LogP contribution is -2.23. The van der Waals surface area contributed by atoms with Crippen molar-refractivity contribution in [3.8, 4) is 10.4 Å². The van der Waals surface area contributed by atoms with Gasteiger partial charge in [0.05, 0.1) is 10.7 Å². The molecule has 2 rings (SSSR count). The first-order valence-corrected chi connectivity index (χ1v) is 7.45. The maximum atomic E-state index is 14.0. The minimum Gasteiger partial charge on any atom is -0.456 e. The molecule has 3 nitrogen and oxygen atoms in total. The number of esters is 1. The zero-order chi connectivity index (χ0) is 15.8. The van der Waals surface area contributed by atoms with Crippen molar-refractivity contribution < 1.29 is 13.9 Å². The Morgan fingerprint density at radius 2 is 2.05 bits per heavy atom. The summed E-state index contributed by atoms with van der Waals surface area (Å²) in [5.74, 6) is -1.05. The number of hydrogen-bond acceptors (Lipinski definition) is 4. The van der Waals surface area contributed by atoms with Crippen molar-refractivity contribution in [3.05, 3.63) is 40.0 Å². The van der Waals surface area contributed by atoms with Gasteiger partial charge < -0.3 is 10.5 Å². The molecule has 112 valence electrons. The molecule has 0 unspecified atom stereocenters. The van der Waals surface area contributed by atoms with Gasteiger partial charge in [-0.3, -0.25) is 0 Å². The largest absolute Gasteiger partial charge is 0.456 e. The normalized spacial score (nSPS) is 11.5. The van der Waals surface area contributed by atoms with Crippen LogP contribution in [0, 0.1) is 5.82 Å². The Labute approximate surface area is 131 Å². The van der Waals surface area contributed by atoms with E-state index in [2.05, 4.69) is 0 Å². The molecule has 6 heteroatoms. The maximum absolute atomic E-state index is 14.0. The summed E-state index contributed by atoms with van der Waals surface area (Å²) in [6.45, 7) is 5.31. The van der Waals surface area contributed by atoms with Crippen LogP contribution in [0.25, 0.3) is 10.4 Å². The summed E-state index contributed by atoms with van der Waals surface area (Å²) < 4.78 is 19.3. The Morgan fingerprint density at radius 1 is 1.38 bits per heavy atom. The van der Waals surface area contributed by atoms with Crippen LogP contribution >= 0.6 is 22.9 Å². The number of ether oxygens (including phenoxy) is 1. The standard InChI is InChI=1S/C15H15ClFNO2S/c1-15(2,3)20-14(19)13-10(18)7-11(21-13)8-5-4-6-9(16)12(8)17/h4-7H,18H2,1-3H3. The van der Waals surface area contributed by atoms with Crippen LogP contribution in [-0.4, -0.2) is 11.6 Å². The van der Waals surface area contributed by atoms with E-state index in [0.29, 0.717) is 10.4 Å². The molecule has 0 fully saturated rings. The number of hydrogen-bond donors (Lipinski definition) is 1. The van der Waals surface area contributed by atoms with Crippen LogP contribution in [0.2, 0.25) is 5.02 Å². The molecule has 0 saturated carbocycles. The average molecular weight is 328 g/mol. The van der Waals surface area contributed by atoms with Gasteiger partial charge in [-0.15, -0.1) is 11.3 Å². The van der Waals surface area contributed by atoms with E-state index in [1.165, 1.54) is 6.07 Å². The summed E-state index contributed by atoms with van der Waals surface area (Å²) in [5.41, 5.74) is 5.81. The number of nitrogen functional groups attached to an aromatic ring is 1. The van der Waals surface area contributed by atoms with Gasteiger partial charge in [0.2, 0.25) is 0 Å². The van der Waals surface area contributed by atoms with E-state index in [9.17, 15) is 9.18 Å². The molecule has 0 aliphatic heterocycles. The topological polar surface area (TPSA) is 52.3 Å². The molecule has 1 heterocycles. The minimum absolute atomic E-state index is 0.0262. The van der Waals surface area contributed by atoms with E-state index >= 15 is 0 Å². The Hall–Kier alpha value is -1.59. The molecular formula is C15H15ClFNO2S. The summed E-state index contributed by atoms with van der Waals surface area (Å²) in [7, 11) is 0. The SMILES string of the molecule is CC(C)(C)OC(=O)c1sc(-c2cccc(Cl)c2F)cc1N. The first-order valence-electron chi connectivity index (χ1n) is 6.26. The Balaban J connectivity index is 2.40. The fourth-order valence-corrected chi connectivity index (χ4v) is 2.87. The molecule has 2 aromatic rings. The van der Waals surface area contributed by atoms with Crippen molar-refractivity contribution in [3.63, 3.8) is 0 Å². The van der Waals surface area contributed by atoms with Crippen LogP contribution in [0.1, 0.15) is 30.4 Å². The highest BCUT2D eigenvalue weighted by atomic mass is 35.5. The number of thiophene rings is 1. The van der Waals surface area contributed by atoms with Crippen molar-refractivity contribution in [2.75, 3.05) is 5.73 Å². The molecule has 0 saturated heterocycles. The van der Waals surface area contributed by atoms with Crippen molar-refractivity contribution in [1.29, 1.82) is 0 Å². The predicted octanol–water partition coefficient (Wildman–Crippen LogP) is 4.75. The fraction of sp³-hybridized carbons (Fsp3) is 0.267. The Kier molecular flexibility index (Phi) is 4.25.